The molecule has 1 aliphatic heterocycles. The molecule has 94 valence electrons. The molecule has 1 aliphatic rings. The molecule has 2 N–H and O–H groups in total. The molecule has 2 rings (SSSR count). The van der Waals surface area contributed by atoms with Crippen molar-refractivity contribution >= 4 is 10.0 Å². The maximum Gasteiger partial charge on any atom is 0.243 e. The lowest BCUT2D eigenvalue weighted by atomic mass is 10.2. The first kappa shape index (κ1) is 12.5. The highest BCUT2D eigenvalue weighted by Crippen LogP contribution is 2.21. The van der Waals surface area contributed by atoms with Gasteiger partial charge in [0.25, 0.3) is 0 Å². The molecule has 5 heteroatoms. The van der Waals surface area contributed by atoms with Gasteiger partial charge >= 0.3 is 0 Å². The van der Waals surface area contributed by atoms with Crippen molar-refractivity contribution in [3.05, 3.63) is 29.8 Å². The summed E-state index contributed by atoms with van der Waals surface area (Å²) < 4.78 is 26.1. The molecule has 1 saturated heterocycles. The van der Waals surface area contributed by atoms with Gasteiger partial charge in [-0.15, -0.1) is 0 Å². The Morgan fingerprint density at radius 2 is 1.94 bits per heavy atom. The fourth-order valence-corrected chi connectivity index (χ4v) is 3.69. The van der Waals surface area contributed by atoms with Crippen LogP contribution in [0.3, 0.4) is 0 Å². The van der Waals surface area contributed by atoms with Crippen LogP contribution < -0.4 is 5.73 Å². The third-order valence-electron chi connectivity index (χ3n) is 3.03. The molecule has 17 heavy (non-hydrogen) atoms. The number of sulfonamides is 1. The zero-order chi connectivity index (χ0) is 12.3. The molecule has 1 aromatic carbocycles. The van der Waals surface area contributed by atoms with Crippen molar-refractivity contribution in [1.29, 1.82) is 0 Å². The molecular formula is C12H18N2O2S. The summed E-state index contributed by atoms with van der Waals surface area (Å²) in [6.45, 7) is 1.82. The van der Waals surface area contributed by atoms with Crippen molar-refractivity contribution in [2.45, 2.75) is 24.2 Å². The Hall–Kier alpha value is -0.910. The van der Waals surface area contributed by atoms with Crippen LogP contribution in [0, 0.1) is 0 Å². The van der Waals surface area contributed by atoms with E-state index in [-0.39, 0.29) is 0 Å². The second kappa shape index (κ2) is 5.16. The van der Waals surface area contributed by atoms with Gasteiger partial charge in [0.1, 0.15) is 0 Å². The Kier molecular flexibility index (Phi) is 3.81. The Morgan fingerprint density at radius 1 is 1.24 bits per heavy atom. The standard InChI is InChI=1S/C12H18N2O2S/c13-7-6-11-4-3-5-12(10-11)17(15,16)14-8-1-2-9-14/h3-5,10H,1-2,6-9,13H2. The second-order valence-corrected chi connectivity index (χ2v) is 6.24. The van der Waals surface area contributed by atoms with Crippen molar-refractivity contribution < 1.29 is 8.42 Å². The third kappa shape index (κ3) is 2.68. The maximum absolute atomic E-state index is 12.3. The van der Waals surface area contributed by atoms with Crippen LogP contribution in [-0.2, 0) is 16.4 Å². The molecule has 0 aliphatic carbocycles. The summed E-state index contributed by atoms with van der Waals surface area (Å²) in [5.74, 6) is 0. The quantitative estimate of drug-likeness (QED) is 0.871. The Balaban J connectivity index is 2.29. The van der Waals surface area contributed by atoms with E-state index in [1.807, 2.05) is 6.07 Å². The minimum Gasteiger partial charge on any atom is -0.330 e. The first-order chi connectivity index (χ1) is 8.14. The van der Waals surface area contributed by atoms with Crippen LogP contribution in [0.25, 0.3) is 0 Å². The highest BCUT2D eigenvalue weighted by atomic mass is 32.2. The predicted octanol–water partition coefficient (Wildman–Crippen LogP) is 0.972. The minimum atomic E-state index is -3.29. The first-order valence-corrected chi connectivity index (χ1v) is 7.38. The van der Waals surface area contributed by atoms with Gasteiger partial charge in [-0.05, 0) is 43.5 Å². The zero-order valence-electron chi connectivity index (χ0n) is 9.80. The first-order valence-electron chi connectivity index (χ1n) is 5.94. The van der Waals surface area contributed by atoms with Crippen molar-refractivity contribution in [2.75, 3.05) is 19.6 Å². The van der Waals surface area contributed by atoms with Crippen molar-refractivity contribution in [2.24, 2.45) is 5.73 Å². The van der Waals surface area contributed by atoms with Gasteiger partial charge in [-0.25, -0.2) is 8.42 Å². The molecule has 0 amide bonds. The lowest BCUT2D eigenvalue weighted by Gasteiger charge is -2.15. The molecule has 0 aromatic heterocycles. The molecule has 1 heterocycles. The monoisotopic (exact) mass is 254 g/mol. The van der Waals surface area contributed by atoms with E-state index in [0.717, 1.165) is 18.4 Å². The highest BCUT2D eigenvalue weighted by molar-refractivity contribution is 7.89. The number of nitrogens with zero attached hydrogens (tertiary/aromatic N) is 1. The van der Waals surface area contributed by atoms with Crippen molar-refractivity contribution in [3.63, 3.8) is 0 Å². The molecule has 0 spiro atoms. The third-order valence-corrected chi connectivity index (χ3v) is 4.93. The molecule has 0 radical (unpaired) electrons. The highest BCUT2D eigenvalue weighted by Gasteiger charge is 2.26. The van der Waals surface area contributed by atoms with Gasteiger partial charge in [-0.2, -0.15) is 4.31 Å². The average Bonchev–Trinajstić information content (AvgIpc) is 2.84. The zero-order valence-corrected chi connectivity index (χ0v) is 10.6. The number of nitrogens with two attached hydrogens (primary N) is 1. The number of hydrogen-bond acceptors (Lipinski definition) is 3. The molecule has 0 atom stereocenters. The molecule has 1 fully saturated rings. The van der Waals surface area contributed by atoms with E-state index in [0.29, 0.717) is 31.0 Å². The Bertz CT molecular complexity index is 479. The van der Waals surface area contributed by atoms with Crippen LogP contribution in [-0.4, -0.2) is 32.4 Å². The van der Waals surface area contributed by atoms with E-state index >= 15 is 0 Å². The van der Waals surface area contributed by atoms with Crippen LogP contribution in [0.1, 0.15) is 18.4 Å². The molecular weight excluding hydrogens is 236 g/mol. The Morgan fingerprint density at radius 3 is 2.59 bits per heavy atom. The van der Waals surface area contributed by atoms with Crippen LogP contribution in [0.15, 0.2) is 29.2 Å². The van der Waals surface area contributed by atoms with Gasteiger partial charge in [0.15, 0.2) is 0 Å². The summed E-state index contributed by atoms with van der Waals surface area (Å²) in [5.41, 5.74) is 6.46. The van der Waals surface area contributed by atoms with E-state index < -0.39 is 10.0 Å². The smallest absolute Gasteiger partial charge is 0.243 e. The normalized spacial score (nSPS) is 17.5. The fourth-order valence-electron chi connectivity index (χ4n) is 2.11. The summed E-state index contributed by atoms with van der Waals surface area (Å²) >= 11 is 0. The average molecular weight is 254 g/mol. The van der Waals surface area contributed by atoms with Gasteiger partial charge in [-0.1, -0.05) is 12.1 Å². The lowest BCUT2D eigenvalue weighted by molar-refractivity contribution is 0.477. The minimum absolute atomic E-state index is 0.394. The van der Waals surface area contributed by atoms with Crippen LogP contribution in [0.2, 0.25) is 0 Å². The van der Waals surface area contributed by atoms with Gasteiger partial charge in [0.2, 0.25) is 10.0 Å². The SMILES string of the molecule is NCCc1cccc(S(=O)(=O)N2CCCC2)c1. The molecule has 0 saturated carbocycles. The summed E-state index contributed by atoms with van der Waals surface area (Å²) in [7, 11) is -3.29. The van der Waals surface area contributed by atoms with Gasteiger partial charge in [-0.3, -0.25) is 0 Å². The summed E-state index contributed by atoms with van der Waals surface area (Å²) in [4.78, 5) is 0.394. The molecule has 1 aromatic rings. The molecule has 0 unspecified atom stereocenters. The van der Waals surface area contributed by atoms with Gasteiger partial charge < -0.3 is 5.73 Å². The largest absolute Gasteiger partial charge is 0.330 e. The summed E-state index contributed by atoms with van der Waals surface area (Å²) in [6.07, 6.45) is 2.63. The van der Waals surface area contributed by atoms with Crippen LogP contribution >= 0.6 is 0 Å². The number of rotatable bonds is 4. The van der Waals surface area contributed by atoms with E-state index in [4.69, 9.17) is 5.73 Å². The van der Waals surface area contributed by atoms with Gasteiger partial charge in [0.05, 0.1) is 4.90 Å². The number of hydrogen-bond donors (Lipinski definition) is 1. The summed E-state index contributed by atoms with van der Waals surface area (Å²) in [5, 5.41) is 0. The van der Waals surface area contributed by atoms with Gasteiger partial charge in [0, 0.05) is 13.1 Å². The van der Waals surface area contributed by atoms with E-state index in [1.54, 1.807) is 22.5 Å². The van der Waals surface area contributed by atoms with Crippen LogP contribution in [0.4, 0.5) is 0 Å². The molecule has 4 nitrogen and oxygen atoms in total. The number of benzene rings is 1. The molecule has 0 bridgehead atoms. The predicted molar refractivity (Wildman–Crippen MR) is 67.2 cm³/mol. The van der Waals surface area contributed by atoms with E-state index in [1.165, 1.54) is 0 Å². The van der Waals surface area contributed by atoms with Crippen LogP contribution in [0.5, 0.6) is 0 Å². The Labute approximate surface area is 102 Å². The van der Waals surface area contributed by atoms with E-state index in [9.17, 15) is 8.42 Å². The second-order valence-electron chi connectivity index (χ2n) is 4.30. The lowest BCUT2D eigenvalue weighted by Crippen LogP contribution is -2.27. The maximum atomic E-state index is 12.3. The van der Waals surface area contributed by atoms with Crippen molar-refractivity contribution in [1.82, 2.24) is 4.31 Å². The van der Waals surface area contributed by atoms with Crippen molar-refractivity contribution in [3.8, 4) is 0 Å². The summed E-state index contributed by atoms with van der Waals surface area (Å²) in [6, 6.07) is 7.10. The fraction of sp³-hybridized carbons (Fsp3) is 0.500. The van der Waals surface area contributed by atoms with E-state index in [2.05, 4.69) is 0 Å². The topological polar surface area (TPSA) is 63.4 Å².